The molecule has 2 aromatic rings. The molecule has 2 fully saturated rings. The molecular weight excluding hydrogens is 376 g/mol. The fraction of sp³-hybridized carbons (Fsp3) is 0.652. The molecule has 0 radical (unpaired) electrons. The van der Waals surface area contributed by atoms with E-state index in [1.54, 1.807) is 0 Å². The third-order valence-electron chi connectivity index (χ3n) is 6.50. The number of fused-ring (bicyclic) bond motifs is 1. The lowest BCUT2D eigenvalue weighted by atomic mass is 9.96. The Morgan fingerprint density at radius 1 is 1.07 bits per heavy atom. The zero-order valence-corrected chi connectivity index (χ0v) is 18.4. The Morgan fingerprint density at radius 3 is 2.63 bits per heavy atom. The molecule has 7 heteroatoms. The van der Waals surface area contributed by atoms with Gasteiger partial charge in [-0.1, -0.05) is 12.8 Å². The van der Waals surface area contributed by atoms with Crippen molar-refractivity contribution in [1.29, 1.82) is 0 Å². The molecule has 7 nitrogen and oxygen atoms in total. The number of aromatic nitrogens is 3. The number of carbonyl (C=O) groups excluding carboxylic acids is 1. The van der Waals surface area contributed by atoms with Crippen LogP contribution in [-0.2, 0) is 4.79 Å². The molecule has 2 aliphatic rings. The monoisotopic (exact) mass is 410 g/mol. The van der Waals surface area contributed by atoms with Gasteiger partial charge in [-0.25, -0.2) is 15.0 Å². The number of pyridine rings is 1. The molecule has 2 aliphatic heterocycles. The topological polar surface area (TPSA) is 74.2 Å². The van der Waals surface area contributed by atoms with E-state index in [-0.39, 0.29) is 11.8 Å². The van der Waals surface area contributed by atoms with Gasteiger partial charge in [0, 0.05) is 26.2 Å². The maximum absolute atomic E-state index is 12.8. The summed E-state index contributed by atoms with van der Waals surface area (Å²) in [4.78, 5) is 31.2. The van der Waals surface area contributed by atoms with Crippen molar-refractivity contribution in [2.24, 2.45) is 5.92 Å². The average Bonchev–Trinajstić information content (AvgIpc) is 3.03. The number of piperidine rings is 1. The van der Waals surface area contributed by atoms with Gasteiger partial charge in [-0.3, -0.25) is 4.79 Å². The minimum atomic E-state index is 0.0319. The summed E-state index contributed by atoms with van der Waals surface area (Å²) < 4.78 is 0. The Balaban J connectivity index is 1.34. The van der Waals surface area contributed by atoms with Crippen LogP contribution in [0.5, 0.6) is 0 Å². The molecule has 0 unspecified atom stereocenters. The number of nitrogens with zero attached hydrogens (tertiary/aromatic N) is 5. The van der Waals surface area contributed by atoms with E-state index in [1.807, 2.05) is 20.0 Å². The van der Waals surface area contributed by atoms with E-state index in [0.29, 0.717) is 5.65 Å². The molecule has 0 aliphatic carbocycles. The molecule has 1 atom stereocenters. The number of aryl methyl sites for hydroxylation is 2. The molecule has 1 amide bonds. The summed E-state index contributed by atoms with van der Waals surface area (Å²) >= 11 is 0. The highest BCUT2D eigenvalue weighted by atomic mass is 16.1. The lowest BCUT2D eigenvalue weighted by molar-refractivity contribution is -0.125. The molecule has 30 heavy (non-hydrogen) atoms. The molecule has 0 aromatic carbocycles. The summed E-state index contributed by atoms with van der Waals surface area (Å²) in [5.74, 6) is 0.221. The van der Waals surface area contributed by atoms with E-state index in [0.717, 1.165) is 61.6 Å². The first kappa shape index (κ1) is 21.0. The third kappa shape index (κ3) is 5.06. The van der Waals surface area contributed by atoms with Crippen LogP contribution < -0.4 is 10.2 Å². The largest absolute Gasteiger partial charge is 0.369 e. The van der Waals surface area contributed by atoms with Crippen molar-refractivity contribution in [1.82, 2.24) is 25.2 Å². The quantitative estimate of drug-likeness (QED) is 0.817. The van der Waals surface area contributed by atoms with Crippen LogP contribution in [0.25, 0.3) is 11.2 Å². The first-order valence-corrected chi connectivity index (χ1v) is 11.5. The molecule has 0 bridgehead atoms. The highest BCUT2D eigenvalue weighted by Crippen LogP contribution is 2.25. The van der Waals surface area contributed by atoms with Crippen LogP contribution in [0, 0.1) is 19.8 Å². The Hall–Kier alpha value is -2.28. The van der Waals surface area contributed by atoms with Gasteiger partial charge in [0.1, 0.15) is 5.52 Å². The zero-order chi connectivity index (χ0) is 20.9. The average molecular weight is 411 g/mol. The number of likely N-dealkylation sites (tertiary alicyclic amines) is 1. The lowest BCUT2D eigenvalue weighted by Gasteiger charge is -2.33. The van der Waals surface area contributed by atoms with Crippen LogP contribution in [-0.4, -0.2) is 65.0 Å². The van der Waals surface area contributed by atoms with E-state index in [9.17, 15) is 4.79 Å². The summed E-state index contributed by atoms with van der Waals surface area (Å²) in [6, 6.07) is 2.06. The second-order valence-corrected chi connectivity index (χ2v) is 8.76. The Kier molecular flexibility index (Phi) is 6.77. The molecule has 0 spiro atoms. The number of amides is 1. The van der Waals surface area contributed by atoms with Gasteiger partial charge in [0.2, 0.25) is 5.91 Å². The van der Waals surface area contributed by atoms with Crippen molar-refractivity contribution >= 4 is 22.8 Å². The van der Waals surface area contributed by atoms with E-state index < -0.39 is 0 Å². The number of carbonyl (C=O) groups is 1. The summed E-state index contributed by atoms with van der Waals surface area (Å²) in [6.07, 6.45) is 9.09. The van der Waals surface area contributed by atoms with Gasteiger partial charge >= 0.3 is 0 Å². The van der Waals surface area contributed by atoms with Gasteiger partial charge in [-0.15, -0.1) is 0 Å². The second-order valence-electron chi connectivity index (χ2n) is 8.76. The van der Waals surface area contributed by atoms with Crippen molar-refractivity contribution in [3.8, 4) is 0 Å². The van der Waals surface area contributed by atoms with Gasteiger partial charge in [0.15, 0.2) is 5.65 Å². The zero-order valence-electron chi connectivity index (χ0n) is 18.4. The molecule has 1 N–H and O–H groups in total. The van der Waals surface area contributed by atoms with Gasteiger partial charge < -0.3 is 15.1 Å². The Labute approximate surface area is 179 Å². The van der Waals surface area contributed by atoms with Crippen LogP contribution in [0.15, 0.2) is 12.3 Å². The van der Waals surface area contributed by atoms with E-state index >= 15 is 0 Å². The van der Waals surface area contributed by atoms with Gasteiger partial charge in [-0.05, 0) is 58.7 Å². The smallest absolute Gasteiger partial charge is 0.224 e. The molecule has 4 heterocycles. The van der Waals surface area contributed by atoms with Crippen molar-refractivity contribution in [2.45, 2.75) is 52.4 Å². The Bertz CT molecular complexity index is 877. The molecule has 2 saturated heterocycles. The Morgan fingerprint density at radius 2 is 1.83 bits per heavy atom. The molecule has 0 saturated carbocycles. The maximum atomic E-state index is 12.8. The van der Waals surface area contributed by atoms with Crippen LogP contribution in [0.2, 0.25) is 0 Å². The molecular formula is C23H34N6O. The van der Waals surface area contributed by atoms with Crippen molar-refractivity contribution < 1.29 is 4.79 Å². The van der Waals surface area contributed by atoms with Crippen LogP contribution >= 0.6 is 0 Å². The number of hydrogen-bond acceptors (Lipinski definition) is 6. The predicted octanol–water partition coefficient (Wildman–Crippen LogP) is 2.85. The summed E-state index contributed by atoms with van der Waals surface area (Å²) in [5, 5.41) is 3.19. The number of nitrogens with one attached hydrogen (secondary N) is 1. The van der Waals surface area contributed by atoms with E-state index in [4.69, 9.17) is 0 Å². The SMILES string of the molecule is Cc1nc2cc(N3CCC[C@H](C(=O)NCCN4CCCCCC4)C3)cnc2nc1C. The van der Waals surface area contributed by atoms with Crippen molar-refractivity contribution in [3.63, 3.8) is 0 Å². The lowest BCUT2D eigenvalue weighted by Crippen LogP contribution is -2.45. The van der Waals surface area contributed by atoms with Crippen molar-refractivity contribution in [2.75, 3.05) is 44.2 Å². The first-order chi connectivity index (χ1) is 14.6. The van der Waals surface area contributed by atoms with Gasteiger partial charge in [0.05, 0.1) is 29.2 Å². The third-order valence-corrected chi connectivity index (χ3v) is 6.50. The molecule has 2 aromatic heterocycles. The molecule has 4 rings (SSSR count). The first-order valence-electron chi connectivity index (χ1n) is 11.5. The fourth-order valence-electron chi connectivity index (χ4n) is 4.54. The highest BCUT2D eigenvalue weighted by Gasteiger charge is 2.26. The highest BCUT2D eigenvalue weighted by molar-refractivity contribution is 5.80. The normalized spacial score (nSPS) is 20.9. The predicted molar refractivity (Wildman–Crippen MR) is 120 cm³/mol. The van der Waals surface area contributed by atoms with Crippen LogP contribution in [0.3, 0.4) is 0 Å². The molecule has 162 valence electrons. The summed E-state index contributed by atoms with van der Waals surface area (Å²) in [5.41, 5.74) is 4.38. The van der Waals surface area contributed by atoms with Crippen LogP contribution in [0.4, 0.5) is 5.69 Å². The minimum absolute atomic E-state index is 0.0319. The number of hydrogen-bond donors (Lipinski definition) is 1. The fourth-order valence-corrected chi connectivity index (χ4v) is 4.54. The van der Waals surface area contributed by atoms with Gasteiger partial charge in [-0.2, -0.15) is 0 Å². The van der Waals surface area contributed by atoms with Crippen LogP contribution in [0.1, 0.15) is 49.9 Å². The number of rotatable bonds is 5. The summed E-state index contributed by atoms with van der Waals surface area (Å²) in [7, 11) is 0. The van der Waals surface area contributed by atoms with Crippen molar-refractivity contribution in [3.05, 3.63) is 23.7 Å². The summed E-state index contributed by atoms with van der Waals surface area (Å²) in [6.45, 7) is 9.67. The maximum Gasteiger partial charge on any atom is 0.224 e. The van der Waals surface area contributed by atoms with Gasteiger partial charge in [0.25, 0.3) is 0 Å². The second kappa shape index (κ2) is 9.69. The standard InChI is InChI=1S/C23H34N6O/c1-17-18(2)27-22-21(26-17)14-20(15-25-22)29-12-7-8-19(16-29)23(30)24-9-13-28-10-5-3-4-6-11-28/h14-15,19H,3-13,16H2,1-2H3,(H,24,30)/t19-/m0/s1. The van der Waals surface area contributed by atoms with E-state index in [2.05, 4.69) is 36.1 Å². The number of anilines is 1. The van der Waals surface area contributed by atoms with E-state index in [1.165, 1.54) is 38.8 Å². The minimum Gasteiger partial charge on any atom is -0.369 e.